The number of nitrogens with two attached hydrogens (primary N) is 1. The second-order valence-corrected chi connectivity index (χ2v) is 6.20. The monoisotopic (exact) mass is 326 g/mol. The summed E-state index contributed by atoms with van der Waals surface area (Å²) in [5, 5.41) is 2.88. The minimum absolute atomic E-state index is 0.182. The van der Waals surface area contributed by atoms with Gasteiger partial charge in [0.2, 0.25) is 0 Å². The van der Waals surface area contributed by atoms with Gasteiger partial charge in [0.1, 0.15) is 0 Å². The Morgan fingerprint density at radius 2 is 1.58 bits per heavy atom. The Kier molecular flexibility index (Phi) is 6.53. The van der Waals surface area contributed by atoms with Gasteiger partial charge in [-0.3, -0.25) is 4.79 Å². The number of hydrogen-bond acceptors (Lipinski definition) is 3. The highest BCUT2D eigenvalue weighted by Crippen LogP contribution is 2.19. The fourth-order valence-corrected chi connectivity index (χ4v) is 2.57. The van der Waals surface area contributed by atoms with E-state index in [4.69, 9.17) is 10.5 Å². The van der Waals surface area contributed by atoms with Gasteiger partial charge >= 0.3 is 0 Å². The van der Waals surface area contributed by atoms with Crippen LogP contribution in [0.4, 0.5) is 0 Å². The highest BCUT2D eigenvalue weighted by molar-refractivity contribution is 5.82. The number of carbonyl (C=O) groups excluding carboxylic acids is 1. The van der Waals surface area contributed by atoms with Crippen LogP contribution in [0.15, 0.2) is 54.6 Å². The summed E-state index contributed by atoms with van der Waals surface area (Å²) in [4.78, 5) is 12.4. The van der Waals surface area contributed by atoms with Crippen LogP contribution in [0.3, 0.4) is 0 Å². The third-order valence-corrected chi connectivity index (χ3v) is 4.10. The quantitative estimate of drug-likeness (QED) is 0.820. The fraction of sp³-hybridized carbons (Fsp3) is 0.350. The van der Waals surface area contributed by atoms with Crippen molar-refractivity contribution in [2.75, 3.05) is 13.7 Å². The van der Waals surface area contributed by atoms with Crippen molar-refractivity contribution in [3.63, 3.8) is 0 Å². The molecule has 2 aromatic carbocycles. The molecule has 2 rings (SSSR count). The Balaban J connectivity index is 1.95. The van der Waals surface area contributed by atoms with E-state index in [-0.39, 0.29) is 11.9 Å². The number of carbonyl (C=O) groups is 1. The number of methoxy groups -OCH3 is 1. The van der Waals surface area contributed by atoms with Crippen LogP contribution < -0.4 is 11.1 Å². The van der Waals surface area contributed by atoms with Crippen molar-refractivity contribution in [3.05, 3.63) is 71.3 Å². The predicted molar refractivity (Wildman–Crippen MR) is 96.7 cm³/mol. The largest absolute Gasteiger partial charge is 0.367 e. The molecule has 2 atom stereocenters. The molecule has 2 aromatic rings. The lowest BCUT2D eigenvalue weighted by Crippen LogP contribution is -2.35. The highest BCUT2D eigenvalue weighted by Gasteiger charge is 2.20. The van der Waals surface area contributed by atoms with E-state index in [0.717, 1.165) is 11.1 Å². The topological polar surface area (TPSA) is 64.3 Å². The van der Waals surface area contributed by atoms with Gasteiger partial charge < -0.3 is 15.8 Å². The number of benzene rings is 2. The molecule has 24 heavy (non-hydrogen) atoms. The number of hydrogen-bond donors (Lipinski definition) is 2. The van der Waals surface area contributed by atoms with Gasteiger partial charge in [0.25, 0.3) is 5.91 Å². The first kappa shape index (κ1) is 18.2. The van der Waals surface area contributed by atoms with E-state index in [2.05, 4.69) is 31.3 Å². The van der Waals surface area contributed by atoms with Crippen LogP contribution in [0.2, 0.25) is 0 Å². The molecular weight excluding hydrogens is 300 g/mol. The van der Waals surface area contributed by atoms with Crippen molar-refractivity contribution in [1.29, 1.82) is 0 Å². The van der Waals surface area contributed by atoms with Gasteiger partial charge in [0.05, 0.1) is 0 Å². The van der Waals surface area contributed by atoms with E-state index < -0.39 is 6.10 Å². The molecule has 0 spiro atoms. The van der Waals surface area contributed by atoms with E-state index in [1.807, 2.05) is 42.5 Å². The van der Waals surface area contributed by atoms with Crippen LogP contribution in [0.1, 0.15) is 48.6 Å². The minimum Gasteiger partial charge on any atom is -0.367 e. The summed E-state index contributed by atoms with van der Waals surface area (Å²) in [5.41, 5.74) is 9.30. The standard InChI is InChI=1S/C20H26N2O2/c1-14(2)15-9-11-16(12-10-15)18(21)13-22-20(23)19(24-3)17-7-5-4-6-8-17/h4-12,14,18-19H,13,21H2,1-3H3,(H,22,23)/t18-,19-/m0/s1. The summed E-state index contributed by atoms with van der Waals surface area (Å²) < 4.78 is 5.33. The third kappa shape index (κ3) is 4.66. The Bertz CT molecular complexity index is 638. The van der Waals surface area contributed by atoms with Crippen molar-refractivity contribution < 1.29 is 9.53 Å². The van der Waals surface area contributed by atoms with Crippen molar-refractivity contribution >= 4 is 5.91 Å². The van der Waals surface area contributed by atoms with Crippen molar-refractivity contribution in [3.8, 4) is 0 Å². The molecule has 0 heterocycles. The van der Waals surface area contributed by atoms with E-state index in [9.17, 15) is 4.79 Å². The van der Waals surface area contributed by atoms with Gasteiger partial charge in [-0.15, -0.1) is 0 Å². The first-order valence-electron chi connectivity index (χ1n) is 8.23. The Labute approximate surface area is 144 Å². The zero-order valence-electron chi connectivity index (χ0n) is 14.5. The van der Waals surface area contributed by atoms with Gasteiger partial charge in [-0.2, -0.15) is 0 Å². The maximum absolute atomic E-state index is 12.4. The number of amides is 1. The predicted octanol–water partition coefficient (Wildman–Crippen LogP) is 3.31. The van der Waals surface area contributed by atoms with Gasteiger partial charge in [0.15, 0.2) is 6.10 Å². The van der Waals surface area contributed by atoms with Crippen LogP contribution in [0.25, 0.3) is 0 Å². The smallest absolute Gasteiger partial charge is 0.253 e. The molecule has 0 fully saturated rings. The Morgan fingerprint density at radius 1 is 1.00 bits per heavy atom. The fourth-order valence-electron chi connectivity index (χ4n) is 2.57. The SMILES string of the molecule is CO[C@H](C(=O)NC[C@H](N)c1ccc(C(C)C)cc1)c1ccccc1. The molecule has 0 aliphatic rings. The second kappa shape index (κ2) is 8.62. The summed E-state index contributed by atoms with van der Waals surface area (Å²) in [6.45, 7) is 4.68. The highest BCUT2D eigenvalue weighted by atomic mass is 16.5. The summed E-state index contributed by atoms with van der Waals surface area (Å²) in [6.07, 6.45) is -0.623. The normalized spacial score (nSPS) is 13.5. The van der Waals surface area contributed by atoms with Gasteiger partial charge in [-0.05, 0) is 22.6 Å². The van der Waals surface area contributed by atoms with E-state index >= 15 is 0 Å². The first-order chi connectivity index (χ1) is 11.5. The summed E-state index contributed by atoms with van der Waals surface area (Å²) in [7, 11) is 1.53. The molecule has 0 aliphatic heterocycles. The van der Waals surface area contributed by atoms with Crippen molar-refractivity contribution in [2.24, 2.45) is 5.73 Å². The van der Waals surface area contributed by atoms with E-state index in [1.165, 1.54) is 12.7 Å². The van der Waals surface area contributed by atoms with Gasteiger partial charge in [-0.25, -0.2) is 0 Å². The lowest BCUT2D eigenvalue weighted by Gasteiger charge is -2.18. The maximum atomic E-state index is 12.4. The van der Waals surface area contributed by atoms with Gasteiger partial charge in [-0.1, -0.05) is 68.4 Å². The molecular formula is C20H26N2O2. The zero-order chi connectivity index (χ0) is 17.5. The molecule has 0 bridgehead atoms. The molecule has 0 saturated carbocycles. The third-order valence-electron chi connectivity index (χ3n) is 4.10. The van der Waals surface area contributed by atoms with Crippen LogP contribution in [0, 0.1) is 0 Å². The summed E-state index contributed by atoms with van der Waals surface area (Å²) >= 11 is 0. The summed E-state index contributed by atoms with van der Waals surface area (Å²) in [5.74, 6) is 0.307. The molecule has 0 saturated heterocycles. The molecule has 128 valence electrons. The molecule has 0 aromatic heterocycles. The average molecular weight is 326 g/mol. The van der Waals surface area contributed by atoms with Crippen molar-refractivity contribution in [2.45, 2.75) is 31.9 Å². The van der Waals surface area contributed by atoms with Crippen molar-refractivity contribution in [1.82, 2.24) is 5.32 Å². The zero-order valence-corrected chi connectivity index (χ0v) is 14.5. The molecule has 4 heteroatoms. The van der Waals surface area contributed by atoms with E-state index in [1.54, 1.807) is 0 Å². The first-order valence-corrected chi connectivity index (χ1v) is 8.23. The molecule has 3 N–H and O–H groups in total. The Hall–Kier alpha value is -2.17. The van der Waals surface area contributed by atoms with Crippen LogP contribution in [-0.2, 0) is 9.53 Å². The maximum Gasteiger partial charge on any atom is 0.253 e. The number of ether oxygens (including phenoxy) is 1. The molecule has 4 nitrogen and oxygen atoms in total. The van der Waals surface area contributed by atoms with Crippen LogP contribution >= 0.6 is 0 Å². The van der Waals surface area contributed by atoms with E-state index in [0.29, 0.717) is 12.5 Å². The van der Waals surface area contributed by atoms with Crippen LogP contribution in [0.5, 0.6) is 0 Å². The Morgan fingerprint density at radius 3 is 2.12 bits per heavy atom. The lowest BCUT2D eigenvalue weighted by molar-refractivity contribution is -0.131. The van der Waals surface area contributed by atoms with Gasteiger partial charge in [0, 0.05) is 19.7 Å². The second-order valence-electron chi connectivity index (χ2n) is 6.20. The minimum atomic E-state index is -0.623. The molecule has 1 amide bonds. The average Bonchev–Trinajstić information content (AvgIpc) is 2.61. The molecule has 0 radical (unpaired) electrons. The number of nitrogens with one attached hydrogen (secondary N) is 1. The van der Waals surface area contributed by atoms with Crippen LogP contribution in [-0.4, -0.2) is 19.6 Å². The molecule has 0 unspecified atom stereocenters. The lowest BCUT2D eigenvalue weighted by atomic mass is 9.99. The summed E-state index contributed by atoms with van der Waals surface area (Å²) in [6, 6.07) is 17.4. The molecule has 0 aliphatic carbocycles. The number of rotatable bonds is 7.